The van der Waals surface area contributed by atoms with E-state index in [4.69, 9.17) is 5.73 Å². The lowest BCUT2D eigenvalue weighted by Gasteiger charge is -2.18. The zero-order chi connectivity index (χ0) is 15.7. The molecule has 2 aromatic rings. The molecule has 1 atom stereocenters. The number of nitrogens with two attached hydrogens (primary N) is 1. The predicted molar refractivity (Wildman–Crippen MR) is 86.7 cm³/mol. The van der Waals surface area contributed by atoms with Gasteiger partial charge < -0.3 is 5.73 Å². The number of hydrogen-bond acceptors (Lipinski definition) is 2. The van der Waals surface area contributed by atoms with Gasteiger partial charge in [-0.15, -0.1) is 0 Å². The first-order chi connectivity index (χ1) is 9.81. The van der Waals surface area contributed by atoms with Gasteiger partial charge >= 0.3 is 5.69 Å². The van der Waals surface area contributed by atoms with Gasteiger partial charge in [-0.2, -0.15) is 0 Å². The largest absolute Gasteiger partial charge is 0.328 e. The van der Waals surface area contributed by atoms with E-state index in [0.29, 0.717) is 6.54 Å². The molecule has 0 radical (unpaired) electrons. The topological polar surface area (TPSA) is 52.9 Å². The van der Waals surface area contributed by atoms with Crippen LogP contribution < -0.4 is 11.4 Å². The molecule has 0 aliphatic rings. The molecule has 0 bridgehead atoms. The van der Waals surface area contributed by atoms with Crippen LogP contribution in [0.3, 0.4) is 0 Å². The van der Waals surface area contributed by atoms with Gasteiger partial charge in [0.1, 0.15) is 0 Å². The second-order valence-electron chi connectivity index (χ2n) is 6.15. The van der Waals surface area contributed by atoms with E-state index in [-0.39, 0.29) is 17.8 Å². The van der Waals surface area contributed by atoms with Crippen molar-refractivity contribution in [3.8, 4) is 0 Å². The highest BCUT2D eigenvalue weighted by Gasteiger charge is 2.15. The summed E-state index contributed by atoms with van der Waals surface area (Å²) in [5.74, 6) is 0. The molecule has 0 saturated carbocycles. The monoisotopic (exact) mass is 287 g/mol. The summed E-state index contributed by atoms with van der Waals surface area (Å²) < 4.78 is 3.42. The quantitative estimate of drug-likeness (QED) is 0.940. The molecule has 0 spiro atoms. The molecule has 4 nitrogen and oxygen atoms in total. The predicted octanol–water partition coefficient (Wildman–Crippen LogP) is 2.86. The molecule has 0 aliphatic heterocycles. The summed E-state index contributed by atoms with van der Waals surface area (Å²) in [6, 6.07) is 4.28. The van der Waals surface area contributed by atoms with E-state index in [1.165, 1.54) is 16.7 Å². The van der Waals surface area contributed by atoms with E-state index in [1.807, 2.05) is 26.2 Å². The maximum atomic E-state index is 12.3. The third-order valence-corrected chi connectivity index (χ3v) is 3.93. The number of aryl methyl sites for hydroxylation is 3. The molecule has 0 amide bonds. The van der Waals surface area contributed by atoms with Crippen LogP contribution in [0.4, 0.5) is 0 Å². The first-order valence-electron chi connectivity index (χ1n) is 7.42. The normalized spacial score (nSPS) is 12.9. The van der Waals surface area contributed by atoms with Gasteiger partial charge in [0.2, 0.25) is 0 Å². The van der Waals surface area contributed by atoms with Crippen LogP contribution >= 0.6 is 0 Å². The third kappa shape index (κ3) is 3.10. The Morgan fingerprint density at radius 2 is 1.67 bits per heavy atom. The van der Waals surface area contributed by atoms with Gasteiger partial charge in [0.25, 0.3) is 0 Å². The lowest BCUT2D eigenvalue weighted by Crippen LogP contribution is -2.29. The van der Waals surface area contributed by atoms with Gasteiger partial charge in [-0.1, -0.05) is 17.7 Å². The molecule has 21 heavy (non-hydrogen) atoms. The van der Waals surface area contributed by atoms with Crippen molar-refractivity contribution in [2.45, 2.75) is 53.2 Å². The smallest absolute Gasteiger partial charge is 0.322 e. The van der Waals surface area contributed by atoms with E-state index >= 15 is 0 Å². The maximum Gasteiger partial charge on any atom is 0.328 e. The van der Waals surface area contributed by atoms with E-state index in [2.05, 4.69) is 32.9 Å². The Balaban J connectivity index is 2.31. The average molecular weight is 287 g/mol. The molecule has 1 unspecified atom stereocenters. The fourth-order valence-electron chi connectivity index (χ4n) is 3.04. The molecule has 4 heteroatoms. The van der Waals surface area contributed by atoms with Crippen LogP contribution in [0.15, 0.2) is 29.3 Å². The van der Waals surface area contributed by atoms with Crippen LogP contribution in [0.25, 0.3) is 0 Å². The minimum absolute atomic E-state index is 0.00266. The Hall–Kier alpha value is -1.81. The molecule has 114 valence electrons. The molecular formula is C17H25N3O. The summed E-state index contributed by atoms with van der Waals surface area (Å²) in [4.78, 5) is 12.3. The number of aromatic nitrogens is 2. The van der Waals surface area contributed by atoms with Crippen molar-refractivity contribution in [1.82, 2.24) is 9.13 Å². The highest BCUT2D eigenvalue weighted by atomic mass is 16.1. The van der Waals surface area contributed by atoms with Gasteiger partial charge in [0.05, 0.1) is 0 Å². The van der Waals surface area contributed by atoms with Crippen LogP contribution in [0.2, 0.25) is 0 Å². The third-order valence-electron chi connectivity index (χ3n) is 3.93. The van der Waals surface area contributed by atoms with Crippen LogP contribution in [0, 0.1) is 20.8 Å². The van der Waals surface area contributed by atoms with Crippen molar-refractivity contribution >= 4 is 0 Å². The van der Waals surface area contributed by atoms with E-state index in [1.54, 1.807) is 9.13 Å². The highest BCUT2D eigenvalue weighted by molar-refractivity contribution is 5.39. The lowest BCUT2D eigenvalue weighted by atomic mass is 9.94. The number of hydrogen-bond donors (Lipinski definition) is 1. The standard InChI is InChI=1S/C17H25N3O/c1-11(2)20-7-6-19(17(20)21)10-15(18)16-13(4)8-12(3)9-14(16)5/h6-9,11,15H,10,18H2,1-5H3. The van der Waals surface area contributed by atoms with E-state index in [9.17, 15) is 4.79 Å². The van der Waals surface area contributed by atoms with Crippen LogP contribution in [-0.4, -0.2) is 9.13 Å². The molecule has 1 aromatic heterocycles. The average Bonchev–Trinajstić information content (AvgIpc) is 2.69. The summed E-state index contributed by atoms with van der Waals surface area (Å²) in [6.07, 6.45) is 3.65. The second kappa shape index (κ2) is 5.90. The first kappa shape index (κ1) is 15.6. The SMILES string of the molecule is Cc1cc(C)c(C(N)Cn2ccn(C(C)C)c2=O)c(C)c1. The van der Waals surface area contributed by atoms with Crippen molar-refractivity contribution < 1.29 is 0 Å². The molecule has 1 heterocycles. The van der Waals surface area contributed by atoms with Crippen LogP contribution in [0.1, 0.15) is 48.2 Å². The zero-order valence-electron chi connectivity index (χ0n) is 13.6. The molecule has 0 fully saturated rings. The summed E-state index contributed by atoms with van der Waals surface area (Å²) in [7, 11) is 0. The van der Waals surface area contributed by atoms with Gasteiger partial charge in [0, 0.05) is 31.0 Å². The fourth-order valence-corrected chi connectivity index (χ4v) is 3.04. The number of benzene rings is 1. The summed E-state index contributed by atoms with van der Waals surface area (Å²) >= 11 is 0. The molecule has 2 N–H and O–H groups in total. The summed E-state index contributed by atoms with van der Waals surface area (Å²) in [5, 5.41) is 0. The van der Waals surface area contributed by atoms with Crippen molar-refractivity contribution in [1.29, 1.82) is 0 Å². The fraction of sp³-hybridized carbons (Fsp3) is 0.471. The Morgan fingerprint density at radius 1 is 1.10 bits per heavy atom. The van der Waals surface area contributed by atoms with Gasteiger partial charge in [-0.05, 0) is 51.3 Å². The molecule has 0 aliphatic carbocycles. The summed E-state index contributed by atoms with van der Waals surface area (Å²) in [6.45, 7) is 10.8. The van der Waals surface area contributed by atoms with Gasteiger partial charge in [-0.3, -0.25) is 9.13 Å². The highest BCUT2D eigenvalue weighted by Crippen LogP contribution is 2.23. The zero-order valence-corrected chi connectivity index (χ0v) is 13.6. The number of nitrogens with zero attached hydrogens (tertiary/aromatic N) is 2. The lowest BCUT2D eigenvalue weighted by molar-refractivity contribution is 0.518. The molecule has 0 saturated heterocycles. The Kier molecular flexibility index (Phi) is 4.37. The molecular weight excluding hydrogens is 262 g/mol. The van der Waals surface area contributed by atoms with Gasteiger partial charge in [0.15, 0.2) is 0 Å². The molecule has 1 aromatic carbocycles. The maximum absolute atomic E-state index is 12.3. The van der Waals surface area contributed by atoms with E-state index in [0.717, 1.165) is 5.56 Å². The van der Waals surface area contributed by atoms with Crippen LogP contribution in [0.5, 0.6) is 0 Å². The first-order valence-corrected chi connectivity index (χ1v) is 7.42. The van der Waals surface area contributed by atoms with Gasteiger partial charge in [-0.25, -0.2) is 4.79 Å². The Morgan fingerprint density at radius 3 is 2.14 bits per heavy atom. The summed E-state index contributed by atoms with van der Waals surface area (Å²) in [5.41, 5.74) is 11.1. The minimum atomic E-state index is -0.175. The van der Waals surface area contributed by atoms with Crippen molar-refractivity contribution in [2.75, 3.05) is 0 Å². The Labute approximate surface area is 126 Å². The van der Waals surface area contributed by atoms with Crippen molar-refractivity contribution in [2.24, 2.45) is 5.73 Å². The number of rotatable bonds is 4. The number of imidazole rings is 1. The Bertz CT molecular complexity index is 671. The van der Waals surface area contributed by atoms with E-state index < -0.39 is 0 Å². The van der Waals surface area contributed by atoms with Crippen LogP contribution in [-0.2, 0) is 6.54 Å². The molecule has 2 rings (SSSR count). The second-order valence-corrected chi connectivity index (χ2v) is 6.15. The van der Waals surface area contributed by atoms with Crippen molar-refractivity contribution in [3.05, 3.63) is 57.3 Å². The minimum Gasteiger partial charge on any atom is -0.322 e. The van der Waals surface area contributed by atoms with Crippen molar-refractivity contribution in [3.63, 3.8) is 0 Å².